The topological polar surface area (TPSA) is 81.2 Å². The van der Waals surface area contributed by atoms with Crippen molar-refractivity contribution in [2.75, 3.05) is 11.4 Å². The maximum absolute atomic E-state index is 13.5. The summed E-state index contributed by atoms with van der Waals surface area (Å²) in [6.07, 6.45) is 0. The number of hydrogen-bond donors (Lipinski definition) is 0. The van der Waals surface area contributed by atoms with Crippen molar-refractivity contribution in [3.63, 3.8) is 0 Å². The first-order valence-corrected chi connectivity index (χ1v) is 11.3. The Labute approximate surface area is 202 Å². The Morgan fingerprint density at radius 2 is 1.82 bits per heavy atom. The highest BCUT2D eigenvalue weighted by Gasteiger charge is 2.22. The van der Waals surface area contributed by atoms with Crippen LogP contribution in [0.15, 0.2) is 63.9 Å². The van der Waals surface area contributed by atoms with E-state index in [2.05, 4.69) is 10.1 Å². The molecule has 0 unspecified atom stereocenters. The van der Waals surface area contributed by atoms with E-state index >= 15 is 0 Å². The summed E-state index contributed by atoms with van der Waals surface area (Å²) in [5.74, 6) is 0.283. The Balaban J connectivity index is 1.69. The van der Waals surface area contributed by atoms with Crippen LogP contribution in [0.3, 0.4) is 0 Å². The van der Waals surface area contributed by atoms with Gasteiger partial charge in [0.05, 0.1) is 0 Å². The lowest BCUT2D eigenvalue weighted by atomic mass is 10.1. The van der Waals surface area contributed by atoms with E-state index in [1.54, 1.807) is 36.1 Å². The fourth-order valence-electron chi connectivity index (χ4n) is 3.94. The van der Waals surface area contributed by atoms with E-state index in [1.807, 2.05) is 51.1 Å². The fraction of sp³-hybridized carbons (Fsp3) is 0.231. The molecule has 0 saturated heterocycles. The van der Waals surface area contributed by atoms with Gasteiger partial charge in [-0.1, -0.05) is 28.9 Å². The van der Waals surface area contributed by atoms with Gasteiger partial charge in [0.2, 0.25) is 11.7 Å². The zero-order chi connectivity index (χ0) is 24.4. The zero-order valence-corrected chi connectivity index (χ0v) is 20.3. The number of likely N-dealkylation sites (N-methyl/N-ethyl adjacent to an activating group) is 1. The summed E-state index contributed by atoms with van der Waals surface area (Å²) in [5.41, 5.74) is 3.89. The Bertz CT molecular complexity index is 1410. The standard InChI is InChI=1S/C26H25ClN4O3/c1-5-30(21-8-6-7-16(2)13-21)22(32)15-31-18(4)14-17(3)23(26(31)33)25-28-24(29-34-25)19-9-11-20(27)12-10-19/h6-14H,5,15H2,1-4H3. The molecule has 0 aliphatic carbocycles. The highest BCUT2D eigenvalue weighted by molar-refractivity contribution is 6.30. The van der Waals surface area contributed by atoms with Gasteiger partial charge in [0.25, 0.3) is 11.4 Å². The normalized spacial score (nSPS) is 11.0. The van der Waals surface area contributed by atoms with Crippen molar-refractivity contribution >= 4 is 23.2 Å². The van der Waals surface area contributed by atoms with Crippen molar-refractivity contribution in [1.29, 1.82) is 0 Å². The number of nitrogens with zero attached hydrogens (tertiary/aromatic N) is 4. The van der Waals surface area contributed by atoms with E-state index in [4.69, 9.17) is 16.1 Å². The molecule has 0 aliphatic heterocycles. The first kappa shape index (κ1) is 23.4. The Kier molecular flexibility index (Phi) is 6.65. The van der Waals surface area contributed by atoms with Gasteiger partial charge in [-0.15, -0.1) is 0 Å². The molecular formula is C26H25ClN4O3. The maximum atomic E-state index is 13.5. The lowest BCUT2D eigenvalue weighted by molar-refractivity contribution is -0.119. The van der Waals surface area contributed by atoms with Crippen LogP contribution in [-0.2, 0) is 11.3 Å². The third-order valence-electron chi connectivity index (χ3n) is 5.67. The van der Waals surface area contributed by atoms with E-state index in [0.717, 1.165) is 16.8 Å². The lowest BCUT2D eigenvalue weighted by Gasteiger charge is -2.23. The van der Waals surface area contributed by atoms with Gasteiger partial charge in [-0.05, 0) is 81.3 Å². The largest absolute Gasteiger partial charge is 0.333 e. The molecule has 0 atom stereocenters. The number of aromatic nitrogens is 3. The minimum atomic E-state index is -0.350. The number of rotatable bonds is 6. The van der Waals surface area contributed by atoms with Gasteiger partial charge in [0.1, 0.15) is 12.1 Å². The fourth-order valence-corrected chi connectivity index (χ4v) is 4.07. The monoisotopic (exact) mass is 476 g/mol. The van der Waals surface area contributed by atoms with Crippen molar-refractivity contribution in [1.82, 2.24) is 14.7 Å². The molecule has 2 aromatic heterocycles. The van der Waals surface area contributed by atoms with Crippen LogP contribution in [0.2, 0.25) is 5.02 Å². The highest BCUT2D eigenvalue weighted by Crippen LogP contribution is 2.24. The van der Waals surface area contributed by atoms with Gasteiger partial charge in [-0.3, -0.25) is 9.59 Å². The van der Waals surface area contributed by atoms with Gasteiger partial charge in [-0.25, -0.2) is 0 Å². The summed E-state index contributed by atoms with van der Waals surface area (Å²) in [4.78, 5) is 32.8. The molecule has 4 aromatic rings. The molecule has 0 saturated carbocycles. The Morgan fingerprint density at radius 1 is 1.09 bits per heavy atom. The van der Waals surface area contributed by atoms with Crippen LogP contribution in [0.4, 0.5) is 5.69 Å². The number of halogens is 1. The summed E-state index contributed by atoms with van der Waals surface area (Å²) in [6, 6.07) is 16.6. The quantitative estimate of drug-likeness (QED) is 0.382. The molecule has 174 valence electrons. The number of aryl methyl sites for hydroxylation is 3. The second kappa shape index (κ2) is 9.65. The average molecular weight is 477 g/mol. The van der Waals surface area contributed by atoms with E-state index in [-0.39, 0.29) is 29.5 Å². The molecule has 0 spiro atoms. The smallest absolute Gasteiger partial charge is 0.264 e. The molecule has 0 fully saturated rings. The molecule has 7 nitrogen and oxygen atoms in total. The second-order valence-electron chi connectivity index (χ2n) is 8.14. The van der Waals surface area contributed by atoms with Gasteiger partial charge in [0, 0.05) is 28.5 Å². The van der Waals surface area contributed by atoms with E-state index in [9.17, 15) is 9.59 Å². The van der Waals surface area contributed by atoms with Crippen molar-refractivity contribution in [2.24, 2.45) is 0 Å². The predicted octanol–water partition coefficient (Wildman–Crippen LogP) is 5.20. The van der Waals surface area contributed by atoms with Crippen LogP contribution < -0.4 is 10.5 Å². The molecule has 2 heterocycles. The molecule has 0 N–H and O–H groups in total. The predicted molar refractivity (Wildman–Crippen MR) is 133 cm³/mol. The molecule has 0 aliphatic rings. The number of pyridine rings is 1. The summed E-state index contributed by atoms with van der Waals surface area (Å²) < 4.78 is 6.90. The summed E-state index contributed by atoms with van der Waals surface area (Å²) >= 11 is 5.96. The van der Waals surface area contributed by atoms with Gasteiger partial charge < -0.3 is 14.0 Å². The van der Waals surface area contributed by atoms with Crippen molar-refractivity contribution in [2.45, 2.75) is 34.2 Å². The van der Waals surface area contributed by atoms with Gasteiger partial charge in [-0.2, -0.15) is 4.98 Å². The van der Waals surface area contributed by atoms with Crippen molar-refractivity contribution < 1.29 is 9.32 Å². The van der Waals surface area contributed by atoms with Crippen LogP contribution in [0.5, 0.6) is 0 Å². The first-order valence-electron chi connectivity index (χ1n) is 11.0. The highest BCUT2D eigenvalue weighted by atomic mass is 35.5. The first-order chi connectivity index (χ1) is 16.3. The molecule has 2 aromatic carbocycles. The van der Waals surface area contributed by atoms with Gasteiger partial charge >= 0.3 is 0 Å². The number of hydrogen-bond acceptors (Lipinski definition) is 5. The van der Waals surface area contributed by atoms with Crippen LogP contribution in [0.25, 0.3) is 22.8 Å². The summed E-state index contributed by atoms with van der Waals surface area (Å²) in [5, 5.41) is 4.62. The average Bonchev–Trinajstić information content (AvgIpc) is 3.27. The third-order valence-corrected chi connectivity index (χ3v) is 5.92. The minimum absolute atomic E-state index is 0.0993. The van der Waals surface area contributed by atoms with Crippen LogP contribution in [0.1, 0.15) is 23.7 Å². The SMILES string of the molecule is CCN(C(=O)Cn1c(C)cc(C)c(-c2nc(-c3ccc(Cl)cc3)no2)c1=O)c1cccc(C)c1. The molecular weight excluding hydrogens is 452 g/mol. The molecule has 0 radical (unpaired) electrons. The number of amides is 1. The molecule has 8 heteroatoms. The summed E-state index contributed by atoms with van der Waals surface area (Å²) in [6.45, 7) is 7.90. The number of carbonyl (C=O) groups is 1. The van der Waals surface area contributed by atoms with Crippen LogP contribution >= 0.6 is 11.6 Å². The Hall–Kier alpha value is -3.71. The molecule has 34 heavy (non-hydrogen) atoms. The van der Waals surface area contributed by atoms with E-state index in [1.165, 1.54) is 4.57 Å². The van der Waals surface area contributed by atoms with Crippen LogP contribution in [-0.4, -0.2) is 27.2 Å². The van der Waals surface area contributed by atoms with Gasteiger partial charge in [0.15, 0.2) is 0 Å². The van der Waals surface area contributed by atoms with E-state index < -0.39 is 0 Å². The zero-order valence-electron chi connectivity index (χ0n) is 19.5. The minimum Gasteiger partial charge on any atom is -0.333 e. The van der Waals surface area contributed by atoms with Crippen molar-refractivity contribution in [3.8, 4) is 22.8 Å². The second-order valence-corrected chi connectivity index (χ2v) is 8.58. The number of carbonyl (C=O) groups excluding carboxylic acids is 1. The molecule has 0 bridgehead atoms. The molecule has 4 rings (SSSR count). The summed E-state index contributed by atoms with van der Waals surface area (Å²) in [7, 11) is 0. The van der Waals surface area contributed by atoms with Crippen LogP contribution in [0, 0.1) is 20.8 Å². The third kappa shape index (κ3) is 4.65. The van der Waals surface area contributed by atoms with E-state index in [0.29, 0.717) is 28.6 Å². The van der Waals surface area contributed by atoms with Crippen molar-refractivity contribution in [3.05, 3.63) is 86.8 Å². The number of anilines is 1. The number of benzene rings is 2. The molecule has 1 amide bonds. The maximum Gasteiger partial charge on any atom is 0.264 e. The Morgan fingerprint density at radius 3 is 2.50 bits per heavy atom. The lowest BCUT2D eigenvalue weighted by Crippen LogP contribution is -2.37.